The minimum atomic E-state index is 0.519. The van der Waals surface area contributed by atoms with E-state index in [1.807, 2.05) is 163 Å². The molecular weight excluding hydrogens is 1670 g/mol. The molecule has 19 nitrogen and oxygen atoms in total. The molecule has 9 heterocycles. The number of fused-ring (bicyclic) bond motifs is 12. The van der Waals surface area contributed by atoms with Gasteiger partial charge in [0, 0.05) is 116 Å². The van der Waals surface area contributed by atoms with E-state index in [2.05, 4.69) is 294 Å². The highest BCUT2D eigenvalue weighted by atomic mass is 15.1. The van der Waals surface area contributed by atoms with Gasteiger partial charge in [0.1, 0.15) is 34.9 Å². The Morgan fingerprint density at radius 1 is 0.147 bits per heavy atom. The zero-order valence-corrected chi connectivity index (χ0v) is 74.9. The van der Waals surface area contributed by atoms with Crippen molar-refractivity contribution >= 4 is 87.2 Å². The zero-order valence-electron chi connectivity index (χ0n) is 74.9. The van der Waals surface area contributed by atoms with E-state index in [0.717, 1.165) is 166 Å². The molecule has 0 aliphatic heterocycles. The summed E-state index contributed by atoms with van der Waals surface area (Å²) >= 11 is 0. The smallest absolute Gasteiger partial charge is 0.166 e. The van der Waals surface area contributed by atoms with Crippen LogP contribution in [-0.4, -0.2) is 93.0 Å². The number of benzene rings is 16. The van der Waals surface area contributed by atoms with Crippen molar-refractivity contribution in [1.82, 2.24) is 93.0 Å². The lowest BCUT2D eigenvalue weighted by molar-refractivity contribution is 0.928. The van der Waals surface area contributed by atoms with Crippen LogP contribution >= 0.6 is 0 Å². The van der Waals surface area contributed by atoms with Crippen molar-refractivity contribution in [3.05, 3.63) is 417 Å². The van der Waals surface area contributed by atoms with Gasteiger partial charge in [-0.15, -0.1) is 0 Å². The summed E-state index contributed by atoms with van der Waals surface area (Å²) in [5.41, 5.74) is 24.6. The number of hydrogen-bond acceptors (Lipinski definition) is 15. The quantitative estimate of drug-likeness (QED) is 0.0933. The summed E-state index contributed by atoms with van der Waals surface area (Å²) in [7, 11) is 0. The maximum Gasteiger partial charge on any atom is 0.166 e. The van der Waals surface area contributed by atoms with E-state index in [1.54, 1.807) is 0 Å². The molecule has 0 amide bonds. The fourth-order valence-corrected chi connectivity index (χ4v) is 19.4. The predicted molar refractivity (Wildman–Crippen MR) is 545 cm³/mol. The second-order valence-corrected chi connectivity index (χ2v) is 34.0. The number of hydrogen-bond donors (Lipinski definition) is 0. The number of nitrogens with zero attached hydrogens (tertiary/aromatic N) is 19. The van der Waals surface area contributed by atoms with Crippen LogP contribution in [0, 0.1) is 41.5 Å². The number of aromatic nitrogens is 19. The van der Waals surface area contributed by atoms with Crippen LogP contribution in [-0.2, 0) is 0 Å². The summed E-state index contributed by atoms with van der Waals surface area (Å²) in [6, 6.07) is 134. The highest BCUT2D eigenvalue weighted by molar-refractivity contribution is 6.17. The first-order valence-corrected chi connectivity index (χ1v) is 45.3. The molecule has 0 N–H and O–H groups in total. The van der Waals surface area contributed by atoms with E-state index >= 15 is 0 Å². The van der Waals surface area contributed by atoms with Crippen molar-refractivity contribution in [2.75, 3.05) is 0 Å². The monoisotopic (exact) mass is 1750 g/mol. The molecule has 0 bridgehead atoms. The van der Waals surface area contributed by atoms with Crippen LogP contribution in [0.2, 0.25) is 0 Å². The summed E-state index contributed by atoms with van der Waals surface area (Å²) < 4.78 is 9.42. The van der Waals surface area contributed by atoms with Gasteiger partial charge in [0.05, 0.1) is 55.5 Å². The van der Waals surface area contributed by atoms with E-state index in [-0.39, 0.29) is 0 Å². The largest absolute Gasteiger partial charge is 0.309 e. The lowest BCUT2D eigenvalue weighted by Gasteiger charge is -2.18. The normalized spacial score (nSPS) is 11.6. The first-order chi connectivity index (χ1) is 66.9. The molecule has 0 fully saturated rings. The molecule has 0 saturated heterocycles. The van der Waals surface area contributed by atoms with Crippen molar-refractivity contribution < 1.29 is 0 Å². The SMILES string of the molecule is Cc1nc(C)nc(-c2ccc3c(c2)c2ccccc2n3-c2ccc(-c3cccc4c5ccccc5n(-c5ccccc5)c34)cc2-c2nc(-c3ccccc3)nc(-c3ccccc3)n2)n1.Cc1nc(C)nc(-c2ccc3c4ccc(-c5nc(C)nc(C)n5)cc4n(-c4ccc(-c5cccc6c7ccccc7n(-c7ccccc7)c56)cc4-c4nc(-c5ccccc5)nc(-c5ccccc5)n4)c3c2)n1. The molecule has 16 aromatic carbocycles. The molecule has 25 aromatic rings. The molecule has 9 aromatic heterocycles. The van der Waals surface area contributed by atoms with Crippen molar-refractivity contribution in [3.63, 3.8) is 0 Å². The summed E-state index contributed by atoms with van der Waals surface area (Å²) in [4.78, 5) is 73.8. The van der Waals surface area contributed by atoms with Gasteiger partial charge in [-0.05, 0) is 150 Å². The van der Waals surface area contributed by atoms with E-state index in [9.17, 15) is 0 Å². The molecule has 0 aliphatic carbocycles. The minimum absolute atomic E-state index is 0.519. The second-order valence-electron chi connectivity index (χ2n) is 34.0. The van der Waals surface area contributed by atoms with E-state index < -0.39 is 0 Å². The lowest BCUT2D eigenvalue weighted by atomic mass is 9.98. The molecule has 0 aliphatic rings. The Morgan fingerprint density at radius 2 is 0.412 bits per heavy atom. The third kappa shape index (κ3) is 14.5. The Morgan fingerprint density at radius 3 is 0.779 bits per heavy atom. The van der Waals surface area contributed by atoms with Crippen LogP contribution in [0.15, 0.2) is 382 Å². The van der Waals surface area contributed by atoms with Crippen molar-refractivity contribution in [1.29, 1.82) is 0 Å². The van der Waals surface area contributed by atoms with Gasteiger partial charge in [0.15, 0.2) is 52.4 Å². The van der Waals surface area contributed by atoms with Crippen LogP contribution in [0.3, 0.4) is 0 Å². The van der Waals surface area contributed by atoms with E-state index in [1.165, 1.54) is 16.2 Å². The lowest BCUT2D eigenvalue weighted by Crippen LogP contribution is -2.04. The van der Waals surface area contributed by atoms with Crippen molar-refractivity contribution in [3.8, 4) is 147 Å². The van der Waals surface area contributed by atoms with Gasteiger partial charge in [-0.2, -0.15) is 0 Å². The van der Waals surface area contributed by atoms with Crippen molar-refractivity contribution in [2.45, 2.75) is 41.5 Å². The Hall–Kier alpha value is -18.2. The second kappa shape index (κ2) is 33.6. The van der Waals surface area contributed by atoms with Gasteiger partial charge in [-0.1, -0.05) is 285 Å². The van der Waals surface area contributed by atoms with Gasteiger partial charge in [-0.25, -0.2) is 74.8 Å². The average molecular weight is 1750 g/mol. The summed E-state index contributed by atoms with van der Waals surface area (Å²) in [6.45, 7) is 11.4. The van der Waals surface area contributed by atoms with Crippen LogP contribution in [0.5, 0.6) is 0 Å². The first-order valence-electron chi connectivity index (χ1n) is 45.3. The van der Waals surface area contributed by atoms with Crippen LogP contribution in [0.25, 0.3) is 235 Å². The van der Waals surface area contributed by atoms with Crippen molar-refractivity contribution in [2.24, 2.45) is 0 Å². The summed E-state index contributed by atoms with van der Waals surface area (Å²) in [6.07, 6.45) is 0. The van der Waals surface area contributed by atoms with E-state index in [0.29, 0.717) is 87.4 Å². The first kappa shape index (κ1) is 81.0. The number of aryl methyl sites for hydroxylation is 6. The molecule has 25 rings (SSSR count). The maximum absolute atomic E-state index is 5.40. The fourth-order valence-electron chi connectivity index (χ4n) is 19.4. The molecule has 0 unspecified atom stereocenters. The Bertz CT molecular complexity index is 8760. The van der Waals surface area contributed by atoms with Gasteiger partial charge in [-0.3, -0.25) is 0 Å². The highest BCUT2D eigenvalue weighted by Crippen LogP contribution is 2.47. The van der Waals surface area contributed by atoms with Gasteiger partial charge in [0.2, 0.25) is 0 Å². The predicted octanol–water partition coefficient (Wildman–Crippen LogP) is 26.9. The van der Waals surface area contributed by atoms with Gasteiger partial charge < -0.3 is 18.3 Å². The molecule has 0 atom stereocenters. The third-order valence-electron chi connectivity index (χ3n) is 25.2. The molecule has 136 heavy (non-hydrogen) atoms. The van der Waals surface area contributed by atoms with Gasteiger partial charge >= 0.3 is 0 Å². The molecule has 0 radical (unpaired) electrons. The highest BCUT2D eigenvalue weighted by Gasteiger charge is 2.28. The Labute approximate surface area is 781 Å². The van der Waals surface area contributed by atoms with Crippen LogP contribution in [0.4, 0.5) is 0 Å². The topological polar surface area (TPSA) is 213 Å². The maximum atomic E-state index is 5.40. The molecule has 19 heteroatoms. The average Bonchev–Trinajstić information content (AvgIpc) is 1.57. The molecule has 0 saturated carbocycles. The summed E-state index contributed by atoms with van der Waals surface area (Å²) in [5, 5.41) is 9.00. The molecule has 644 valence electrons. The van der Waals surface area contributed by atoms with Crippen LogP contribution < -0.4 is 0 Å². The Kier molecular flexibility index (Phi) is 20.0. The fraction of sp³-hybridized carbons (Fsp3) is 0.0513. The minimum Gasteiger partial charge on any atom is -0.309 e. The number of rotatable bonds is 15. The third-order valence-corrected chi connectivity index (χ3v) is 25.2. The standard InChI is InChI=1S/C61H43N11.C56H38N8/c1-36-62-37(2)65-59(64-36)43-27-30-48-49-31-28-44(60-66-38(3)63-39(4)67-60)35-55(49)72(54(48)34-43)53-32-29-42(46-24-16-25-50-47-23-14-15-26-52(47)71(56(46)50)45-21-12-7-13-22-45)33-51(53)61-69-57(40-17-8-5-9-18-40)68-58(70-61)41-19-10-6-11-20-41;1-35-57-36(2)59-55(58-35)40-30-32-50-46(34-40)44-24-13-15-28-49(44)64(50)51-31-29-39(42-25-16-26-45-43-23-12-14-27-48(43)63(52(42)45)41-21-10-5-11-22-41)33-47(51)56-61-53(37-17-6-3-7-18-37)60-54(62-56)38-19-8-4-9-20-38/h5-35H,1-4H3;3-34H,1-2H3. The van der Waals surface area contributed by atoms with Gasteiger partial charge in [0.25, 0.3) is 0 Å². The Balaban J connectivity index is 0.000000150. The number of para-hydroxylation sites is 7. The zero-order chi connectivity index (χ0) is 91.2. The summed E-state index contributed by atoms with van der Waals surface area (Å²) in [5.74, 6) is 9.28. The molecular formula is C117H81N19. The van der Waals surface area contributed by atoms with Crippen LogP contribution in [0.1, 0.15) is 34.9 Å². The molecule has 0 spiro atoms. The van der Waals surface area contributed by atoms with E-state index in [4.69, 9.17) is 59.8 Å².